The van der Waals surface area contributed by atoms with Crippen LogP contribution in [0.2, 0.25) is 0 Å². The SMILES string of the molecule is COC[C@H](C)OC[C@H](C)OC[C@@H](C)OC[C@H](C)O. The van der Waals surface area contributed by atoms with Gasteiger partial charge in [-0.15, -0.1) is 0 Å². The van der Waals surface area contributed by atoms with Gasteiger partial charge in [-0.1, -0.05) is 0 Å². The first-order valence-corrected chi connectivity index (χ1v) is 6.47. The molecule has 5 heteroatoms. The Morgan fingerprint density at radius 3 is 1.50 bits per heavy atom. The zero-order valence-corrected chi connectivity index (χ0v) is 12.2. The third-order valence-electron chi connectivity index (χ3n) is 2.25. The van der Waals surface area contributed by atoms with Crippen LogP contribution in [0.25, 0.3) is 0 Å². The van der Waals surface area contributed by atoms with E-state index in [9.17, 15) is 0 Å². The van der Waals surface area contributed by atoms with Crippen molar-refractivity contribution in [3.63, 3.8) is 0 Å². The van der Waals surface area contributed by atoms with Crippen molar-refractivity contribution in [2.24, 2.45) is 0 Å². The first-order valence-electron chi connectivity index (χ1n) is 6.47. The van der Waals surface area contributed by atoms with Crippen LogP contribution in [0, 0.1) is 0 Å². The summed E-state index contributed by atoms with van der Waals surface area (Å²) in [7, 11) is 1.65. The molecule has 0 bridgehead atoms. The lowest BCUT2D eigenvalue weighted by atomic mass is 10.3. The highest BCUT2D eigenvalue weighted by molar-refractivity contribution is 4.55. The van der Waals surface area contributed by atoms with Gasteiger partial charge < -0.3 is 24.1 Å². The second-order valence-electron chi connectivity index (χ2n) is 4.74. The van der Waals surface area contributed by atoms with E-state index >= 15 is 0 Å². The number of aliphatic hydroxyl groups is 1. The van der Waals surface area contributed by atoms with Crippen LogP contribution in [0.5, 0.6) is 0 Å². The summed E-state index contributed by atoms with van der Waals surface area (Å²) in [5.74, 6) is 0. The van der Waals surface area contributed by atoms with Crippen LogP contribution in [0.15, 0.2) is 0 Å². The molecule has 0 amide bonds. The molecular weight excluding hydrogens is 236 g/mol. The van der Waals surface area contributed by atoms with Gasteiger partial charge in [0.1, 0.15) is 0 Å². The molecule has 0 fully saturated rings. The number of methoxy groups -OCH3 is 1. The lowest BCUT2D eigenvalue weighted by molar-refractivity contribution is -0.0844. The topological polar surface area (TPSA) is 57.2 Å². The molecule has 0 saturated heterocycles. The van der Waals surface area contributed by atoms with E-state index in [2.05, 4.69) is 0 Å². The molecule has 0 rings (SSSR count). The van der Waals surface area contributed by atoms with Gasteiger partial charge in [0.05, 0.1) is 50.8 Å². The van der Waals surface area contributed by atoms with E-state index in [0.29, 0.717) is 26.4 Å². The lowest BCUT2D eigenvalue weighted by Crippen LogP contribution is -2.27. The van der Waals surface area contributed by atoms with Crippen molar-refractivity contribution >= 4 is 0 Å². The molecule has 0 aliphatic carbocycles. The molecule has 4 atom stereocenters. The average molecular weight is 264 g/mol. The summed E-state index contributed by atoms with van der Waals surface area (Å²) in [4.78, 5) is 0. The number of rotatable bonds is 11. The molecule has 0 heterocycles. The van der Waals surface area contributed by atoms with Crippen molar-refractivity contribution < 1.29 is 24.1 Å². The molecule has 0 unspecified atom stereocenters. The fraction of sp³-hybridized carbons (Fsp3) is 1.00. The van der Waals surface area contributed by atoms with Gasteiger partial charge in [0, 0.05) is 7.11 Å². The standard InChI is InChI=1S/C13H28O5/c1-10(14)6-16-12(3)8-18-13(4)9-17-11(2)7-15-5/h10-14H,6-9H2,1-5H3/t10-,11-,12+,13-/m0/s1. The predicted octanol–water partition coefficient (Wildman–Crippen LogP) is 1.23. The molecule has 110 valence electrons. The van der Waals surface area contributed by atoms with E-state index in [4.69, 9.17) is 24.1 Å². The van der Waals surface area contributed by atoms with Crippen molar-refractivity contribution in [1.82, 2.24) is 0 Å². The molecule has 0 saturated carbocycles. The summed E-state index contributed by atoms with van der Waals surface area (Å²) in [6, 6.07) is 0. The predicted molar refractivity (Wildman–Crippen MR) is 69.8 cm³/mol. The summed E-state index contributed by atoms with van der Waals surface area (Å²) in [5, 5.41) is 9.08. The van der Waals surface area contributed by atoms with Gasteiger partial charge in [0.15, 0.2) is 0 Å². The first kappa shape index (κ1) is 17.8. The van der Waals surface area contributed by atoms with E-state index in [1.165, 1.54) is 0 Å². The maximum Gasteiger partial charge on any atom is 0.0781 e. The minimum atomic E-state index is -0.442. The molecule has 0 aromatic heterocycles. The van der Waals surface area contributed by atoms with Crippen LogP contribution in [0.4, 0.5) is 0 Å². The Hall–Kier alpha value is -0.200. The molecule has 0 aromatic carbocycles. The van der Waals surface area contributed by atoms with Crippen molar-refractivity contribution in [3.8, 4) is 0 Å². The normalized spacial score (nSPS) is 18.3. The second-order valence-corrected chi connectivity index (χ2v) is 4.74. The summed E-state index contributed by atoms with van der Waals surface area (Å²) in [5.41, 5.74) is 0. The fourth-order valence-corrected chi connectivity index (χ4v) is 1.28. The van der Waals surface area contributed by atoms with Crippen LogP contribution in [-0.2, 0) is 18.9 Å². The third kappa shape index (κ3) is 10.9. The number of aliphatic hydroxyl groups excluding tert-OH is 1. The largest absolute Gasteiger partial charge is 0.391 e. The van der Waals surface area contributed by atoms with Crippen molar-refractivity contribution in [3.05, 3.63) is 0 Å². The lowest BCUT2D eigenvalue weighted by Gasteiger charge is -2.20. The summed E-state index contributed by atoms with van der Waals surface area (Å²) in [6.07, 6.45) is -0.381. The van der Waals surface area contributed by atoms with Crippen LogP contribution >= 0.6 is 0 Å². The zero-order chi connectivity index (χ0) is 14.0. The monoisotopic (exact) mass is 264 g/mol. The summed E-state index contributed by atoms with van der Waals surface area (Å²) < 4.78 is 21.5. The van der Waals surface area contributed by atoms with Crippen LogP contribution in [0.3, 0.4) is 0 Å². The molecule has 5 nitrogen and oxygen atoms in total. The number of hydrogen-bond acceptors (Lipinski definition) is 5. The van der Waals surface area contributed by atoms with Gasteiger partial charge in [-0.2, -0.15) is 0 Å². The summed E-state index contributed by atoms with van der Waals surface area (Å²) in [6.45, 7) is 9.49. The Morgan fingerprint density at radius 1 is 0.722 bits per heavy atom. The van der Waals surface area contributed by atoms with Crippen molar-refractivity contribution in [2.75, 3.05) is 33.5 Å². The number of ether oxygens (including phenoxy) is 4. The quantitative estimate of drug-likeness (QED) is 0.608. The molecule has 0 aliphatic rings. The maximum atomic E-state index is 9.08. The minimum absolute atomic E-state index is 0.0157. The van der Waals surface area contributed by atoms with E-state index in [1.54, 1.807) is 14.0 Å². The van der Waals surface area contributed by atoms with Crippen molar-refractivity contribution in [1.29, 1.82) is 0 Å². The average Bonchev–Trinajstić information content (AvgIpc) is 2.31. The Bertz CT molecular complexity index is 186. The summed E-state index contributed by atoms with van der Waals surface area (Å²) >= 11 is 0. The second kappa shape index (κ2) is 10.7. The van der Waals surface area contributed by atoms with Gasteiger partial charge in [-0.3, -0.25) is 0 Å². The molecule has 0 aromatic rings. The van der Waals surface area contributed by atoms with Gasteiger partial charge in [0.2, 0.25) is 0 Å². The van der Waals surface area contributed by atoms with Crippen LogP contribution < -0.4 is 0 Å². The Balaban J connectivity index is 3.54. The third-order valence-corrected chi connectivity index (χ3v) is 2.25. The molecule has 0 spiro atoms. The molecule has 1 N–H and O–H groups in total. The first-order chi connectivity index (χ1) is 8.45. The smallest absolute Gasteiger partial charge is 0.0781 e. The van der Waals surface area contributed by atoms with Gasteiger partial charge in [0.25, 0.3) is 0 Å². The molecule has 18 heavy (non-hydrogen) atoms. The number of hydrogen-bond donors (Lipinski definition) is 1. The minimum Gasteiger partial charge on any atom is -0.391 e. The highest BCUT2D eigenvalue weighted by Crippen LogP contribution is 2.00. The Labute approximate surface area is 110 Å². The molecule has 0 radical (unpaired) electrons. The van der Waals surface area contributed by atoms with E-state index in [0.717, 1.165) is 0 Å². The van der Waals surface area contributed by atoms with Gasteiger partial charge in [-0.05, 0) is 27.7 Å². The van der Waals surface area contributed by atoms with Gasteiger partial charge in [-0.25, -0.2) is 0 Å². The fourth-order valence-electron chi connectivity index (χ4n) is 1.28. The zero-order valence-electron chi connectivity index (χ0n) is 12.2. The van der Waals surface area contributed by atoms with E-state index in [-0.39, 0.29) is 18.3 Å². The van der Waals surface area contributed by atoms with E-state index in [1.807, 2.05) is 20.8 Å². The molecular formula is C13H28O5. The van der Waals surface area contributed by atoms with Crippen LogP contribution in [0.1, 0.15) is 27.7 Å². The Morgan fingerprint density at radius 2 is 1.11 bits per heavy atom. The maximum absolute atomic E-state index is 9.08. The highest BCUT2D eigenvalue weighted by atomic mass is 16.6. The van der Waals surface area contributed by atoms with E-state index < -0.39 is 6.10 Å². The van der Waals surface area contributed by atoms with Gasteiger partial charge >= 0.3 is 0 Å². The van der Waals surface area contributed by atoms with Crippen molar-refractivity contribution in [2.45, 2.75) is 52.1 Å². The molecule has 0 aliphatic heterocycles. The Kier molecular flexibility index (Phi) is 10.6. The highest BCUT2D eigenvalue weighted by Gasteiger charge is 2.10. The van der Waals surface area contributed by atoms with Crippen LogP contribution in [-0.4, -0.2) is 63.1 Å².